The summed E-state index contributed by atoms with van der Waals surface area (Å²) in [5.74, 6) is 1.34. The molecule has 1 atom stereocenters. The largest absolute Gasteiger partial charge is 0.497 e. The first kappa shape index (κ1) is 16.9. The molecule has 1 N–H and O–H groups in total. The van der Waals surface area contributed by atoms with Crippen LogP contribution in [-0.2, 0) is 0 Å². The van der Waals surface area contributed by atoms with Gasteiger partial charge in [-0.2, -0.15) is 5.10 Å². The average molecular weight is 334 g/mol. The molecule has 3 aromatic rings. The van der Waals surface area contributed by atoms with Crippen LogP contribution in [0, 0.1) is 6.92 Å². The van der Waals surface area contributed by atoms with Crippen LogP contribution in [0.15, 0.2) is 54.7 Å². The van der Waals surface area contributed by atoms with Gasteiger partial charge >= 0.3 is 0 Å². The zero-order chi connectivity index (χ0) is 17.6. The molecule has 0 fully saturated rings. The summed E-state index contributed by atoms with van der Waals surface area (Å²) in [5.41, 5.74) is 4.21. The third-order valence-corrected chi connectivity index (χ3v) is 4.14. The number of nitrogens with one attached hydrogen (secondary N) is 1. The van der Waals surface area contributed by atoms with Gasteiger partial charge in [0.25, 0.3) is 0 Å². The fourth-order valence-corrected chi connectivity index (χ4v) is 2.64. The third-order valence-electron chi connectivity index (χ3n) is 4.14. The molecule has 0 saturated carbocycles. The standard InChI is InChI=1S/C20H22N4O/c1-4-18(15-7-5-14(2)6-8-15)22-20-23-19(13-21-24-20)16-9-11-17(25-3)12-10-16/h5-13,18H,4H2,1-3H3,(H,22,23,24)/t18-/m0/s1. The maximum absolute atomic E-state index is 5.19. The monoisotopic (exact) mass is 334 g/mol. The number of anilines is 1. The first-order chi connectivity index (χ1) is 12.2. The molecule has 0 aliphatic rings. The lowest BCUT2D eigenvalue weighted by atomic mass is 10.0. The van der Waals surface area contributed by atoms with Gasteiger partial charge in [-0.15, -0.1) is 5.10 Å². The highest BCUT2D eigenvalue weighted by atomic mass is 16.5. The van der Waals surface area contributed by atoms with Gasteiger partial charge in [-0.1, -0.05) is 36.8 Å². The molecule has 5 heteroatoms. The number of benzene rings is 2. The number of nitrogens with zero attached hydrogens (tertiary/aromatic N) is 3. The fraction of sp³-hybridized carbons (Fsp3) is 0.250. The zero-order valence-corrected chi connectivity index (χ0v) is 14.7. The first-order valence-corrected chi connectivity index (χ1v) is 8.37. The Labute approximate surface area is 148 Å². The molecule has 1 aromatic heterocycles. The topological polar surface area (TPSA) is 59.9 Å². The second kappa shape index (κ2) is 7.75. The van der Waals surface area contributed by atoms with Crippen molar-refractivity contribution in [3.63, 3.8) is 0 Å². The van der Waals surface area contributed by atoms with Gasteiger partial charge in [0.1, 0.15) is 5.75 Å². The molecule has 0 unspecified atom stereocenters. The summed E-state index contributed by atoms with van der Waals surface area (Å²) in [5, 5.41) is 11.6. The van der Waals surface area contributed by atoms with Crippen molar-refractivity contribution in [1.82, 2.24) is 15.2 Å². The van der Waals surface area contributed by atoms with Gasteiger partial charge in [0.05, 0.1) is 25.0 Å². The molecule has 3 rings (SSSR count). The summed E-state index contributed by atoms with van der Waals surface area (Å²) in [6, 6.07) is 16.4. The van der Waals surface area contributed by atoms with Crippen LogP contribution in [0.1, 0.15) is 30.5 Å². The third kappa shape index (κ3) is 4.12. The van der Waals surface area contributed by atoms with Crippen molar-refractivity contribution >= 4 is 5.95 Å². The number of aryl methyl sites for hydroxylation is 1. The lowest BCUT2D eigenvalue weighted by molar-refractivity contribution is 0.415. The van der Waals surface area contributed by atoms with Crippen molar-refractivity contribution in [2.45, 2.75) is 26.3 Å². The van der Waals surface area contributed by atoms with Gasteiger partial charge in [-0.25, -0.2) is 4.98 Å². The number of hydrogen-bond acceptors (Lipinski definition) is 5. The molecule has 25 heavy (non-hydrogen) atoms. The lowest BCUT2D eigenvalue weighted by Gasteiger charge is -2.17. The zero-order valence-electron chi connectivity index (χ0n) is 14.7. The van der Waals surface area contributed by atoms with Gasteiger partial charge in [0.2, 0.25) is 5.95 Å². The highest BCUT2D eigenvalue weighted by Gasteiger charge is 2.12. The van der Waals surface area contributed by atoms with E-state index in [4.69, 9.17) is 4.74 Å². The number of hydrogen-bond donors (Lipinski definition) is 1. The van der Waals surface area contributed by atoms with E-state index in [1.165, 1.54) is 11.1 Å². The number of rotatable bonds is 6. The first-order valence-electron chi connectivity index (χ1n) is 8.37. The van der Waals surface area contributed by atoms with Crippen LogP contribution in [-0.4, -0.2) is 22.3 Å². The van der Waals surface area contributed by atoms with E-state index >= 15 is 0 Å². The van der Waals surface area contributed by atoms with Crippen LogP contribution < -0.4 is 10.1 Å². The molecule has 128 valence electrons. The lowest BCUT2D eigenvalue weighted by Crippen LogP contribution is -2.12. The molecule has 0 radical (unpaired) electrons. The van der Waals surface area contributed by atoms with Gasteiger partial charge in [-0.3, -0.25) is 0 Å². The second-order valence-electron chi connectivity index (χ2n) is 5.91. The van der Waals surface area contributed by atoms with Crippen molar-refractivity contribution in [2.75, 3.05) is 12.4 Å². The van der Waals surface area contributed by atoms with Crippen molar-refractivity contribution in [1.29, 1.82) is 0 Å². The van der Waals surface area contributed by atoms with Crippen LogP contribution in [0.4, 0.5) is 5.95 Å². The maximum Gasteiger partial charge on any atom is 0.243 e. The SMILES string of the molecule is CC[C@H](Nc1nncc(-c2ccc(OC)cc2)n1)c1ccc(C)cc1. The molecule has 5 nitrogen and oxygen atoms in total. The van der Waals surface area contributed by atoms with Crippen LogP contribution in [0.25, 0.3) is 11.3 Å². The summed E-state index contributed by atoms with van der Waals surface area (Å²) in [4.78, 5) is 4.60. The molecule has 0 bridgehead atoms. The summed E-state index contributed by atoms with van der Waals surface area (Å²) in [6.45, 7) is 4.22. The van der Waals surface area contributed by atoms with Gasteiger partial charge in [0, 0.05) is 5.56 Å². The molecule has 0 aliphatic heterocycles. The number of methoxy groups -OCH3 is 1. The molecule has 0 saturated heterocycles. The van der Waals surface area contributed by atoms with E-state index in [1.807, 2.05) is 24.3 Å². The van der Waals surface area contributed by atoms with E-state index in [0.717, 1.165) is 23.4 Å². The molecular weight excluding hydrogens is 312 g/mol. The minimum Gasteiger partial charge on any atom is -0.497 e. The summed E-state index contributed by atoms with van der Waals surface area (Å²) in [6.07, 6.45) is 2.60. The Kier molecular flexibility index (Phi) is 5.23. The highest BCUT2D eigenvalue weighted by molar-refractivity contribution is 5.60. The van der Waals surface area contributed by atoms with Crippen LogP contribution in [0.5, 0.6) is 5.75 Å². The molecular formula is C20H22N4O. The Morgan fingerprint density at radius 2 is 1.76 bits per heavy atom. The fourth-order valence-electron chi connectivity index (χ4n) is 2.64. The van der Waals surface area contributed by atoms with Crippen LogP contribution in [0.2, 0.25) is 0 Å². The second-order valence-corrected chi connectivity index (χ2v) is 5.91. The molecule has 0 amide bonds. The minimum absolute atomic E-state index is 0.147. The van der Waals surface area contributed by atoms with E-state index in [0.29, 0.717) is 5.95 Å². The van der Waals surface area contributed by atoms with E-state index in [2.05, 4.69) is 58.6 Å². The Hall–Kier alpha value is -2.95. The van der Waals surface area contributed by atoms with Gasteiger partial charge in [0.15, 0.2) is 0 Å². The van der Waals surface area contributed by atoms with E-state index in [9.17, 15) is 0 Å². The Morgan fingerprint density at radius 3 is 2.40 bits per heavy atom. The Bertz CT molecular complexity index is 816. The summed E-state index contributed by atoms with van der Waals surface area (Å²) < 4.78 is 5.19. The van der Waals surface area contributed by atoms with Crippen molar-refractivity contribution < 1.29 is 4.74 Å². The predicted molar refractivity (Wildman–Crippen MR) is 99.6 cm³/mol. The van der Waals surface area contributed by atoms with Crippen LogP contribution in [0.3, 0.4) is 0 Å². The Morgan fingerprint density at radius 1 is 1.04 bits per heavy atom. The van der Waals surface area contributed by atoms with Gasteiger partial charge in [-0.05, 0) is 43.2 Å². The van der Waals surface area contributed by atoms with Crippen molar-refractivity contribution in [2.24, 2.45) is 0 Å². The highest BCUT2D eigenvalue weighted by Crippen LogP contribution is 2.23. The molecule has 0 spiro atoms. The summed E-state index contributed by atoms with van der Waals surface area (Å²) >= 11 is 0. The molecule has 1 heterocycles. The maximum atomic E-state index is 5.19. The van der Waals surface area contributed by atoms with E-state index in [1.54, 1.807) is 13.3 Å². The Balaban J connectivity index is 1.81. The normalized spacial score (nSPS) is 11.8. The van der Waals surface area contributed by atoms with Crippen LogP contribution >= 0.6 is 0 Å². The quantitative estimate of drug-likeness (QED) is 0.723. The molecule has 2 aromatic carbocycles. The van der Waals surface area contributed by atoms with Crippen molar-refractivity contribution in [3.05, 3.63) is 65.9 Å². The van der Waals surface area contributed by atoms with E-state index < -0.39 is 0 Å². The minimum atomic E-state index is 0.147. The van der Waals surface area contributed by atoms with Crippen molar-refractivity contribution in [3.8, 4) is 17.0 Å². The summed E-state index contributed by atoms with van der Waals surface area (Å²) in [7, 11) is 1.65. The predicted octanol–water partition coefficient (Wildman–Crippen LogP) is 4.42. The number of ether oxygens (including phenoxy) is 1. The van der Waals surface area contributed by atoms with Gasteiger partial charge < -0.3 is 10.1 Å². The molecule has 0 aliphatic carbocycles. The average Bonchev–Trinajstić information content (AvgIpc) is 2.67. The smallest absolute Gasteiger partial charge is 0.243 e. The van der Waals surface area contributed by atoms with E-state index in [-0.39, 0.29) is 6.04 Å². The number of aromatic nitrogens is 3.